The molecule has 2 aromatic heterocycles. The molecule has 0 aliphatic heterocycles. The van der Waals surface area contributed by atoms with E-state index in [1.54, 1.807) is 6.20 Å². The molecule has 4 rings (SSSR count). The van der Waals surface area contributed by atoms with E-state index >= 15 is 0 Å². The SMILES string of the molecule is Clc1nccc2oc3cc4ccccc4cc3c12. The number of furan rings is 1. The summed E-state index contributed by atoms with van der Waals surface area (Å²) in [5, 5.41) is 4.73. The van der Waals surface area contributed by atoms with Crippen molar-refractivity contribution in [3.8, 4) is 0 Å². The molecule has 2 nitrogen and oxygen atoms in total. The normalized spacial score (nSPS) is 11.6. The summed E-state index contributed by atoms with van der Waals surface area (Å²) in [6, 6.07) is 14.2. The molecule has 0 aliphatic rings. The van der Waals surface area contributed by atoms with Crippen molar-refractivity contribution >= 4 is 44.3 Å². The number of benzene rings is 2. The van der Waals surface area contributed by atoms with Crippen molar-refractivity contribution in [1.82, 2.24) is 4.98 Å². The van der Waals surface area contributed by atoms with Gasteiger partial charge in [0.2, 0.25) is 0 Å². The van der Waals surface area contributed by atoms with Gasteiger partial charge in [0.25, 0.3) is 0 Å². The van der Waals surface area contributed by atoms with E-state index in [9.17, 15) is 0 Å². The van der Waals surface area contributed by atoms with Crippen molar-refractivity contribution < 1.29 is 4.42 Å². The first-order valence-electron chi connectivity index (χ1n) is 5.68. The van der Waals surface area contributed by atoms with Crippen molar-refractivity contribution in [2.24, 2.45) is 0 Å². The summed E-state index contributed by atoms with van der Waals surface area (Å²) in [6.45, 7) is 0. The molecule has 0 saturated heterocycles. The molecular weight excluding hydrogens is 246 g/mol. The molecule has 18 heavy (non-hydrogen) atoms. The number of nitrogens with zero attached hydrogens (tertiary/aromatic N) is 1. The van der Waals surface area contributed by atoms with Crippen LogP contribution in [0.1, 0.15) is 0 Å². The number of hydrogen-bond acceptors (Lipinski definition) is 2. The third-order valence-electron chi connectivity index (χ3n) is 3.20. The van der Waals surface area contributed by atoms with Gasteiger partial charge in [-0.1, -0.05) is 35.9 Å². The Morgan fingerprint density at radius 1 is 0.944 bits per heavy atom. The zero-order chi connectivity index (χ0) is 12.1. The molecule has 0 N–H and O–H groups in total. The Hall–Kier alpha value is -2.06. The predicted octanol–water partition coefficient (Wildman–Crippen LogP) is 4.79. The van der Waals surface area contributed by atoms with E-state index in [0.717, 1.165) is 27.3 Å². The molecule has 3 heteroatoms. The second-order valence-corrected chi connectivity index (χ2v) is 4.63. The number of pyridine rings is 1. The molecule has 0 spiro atoms. The van der Waals surface area contributed by atoms with E-state index in [4.69, 9.17) is 16.0 Å². The van der Waals surface area contributed by atoms with Crippen LogP contribution in [-0.4, -0.2) is 4.98 Å². The lowest BCUT2D eigenvalue weighted by atomic mass is 10.1. The van der Waals surface area contributed by atoms with Gasteiger partial charge in [0, 0.05) is 11.6 Å². The molecule has 0 unspecified atom stereocenters. The molecule has 2 aromatic carbocycles. The fourth-order valence-electron chi connectivity index (χ4n) is 2.37. The van der Waals surface area contributed by atoms with Crippen LogP contribution in [0.3, 0.4) is 0 Å². The van der Waals surface area contributed by atoms with Gasteiger partial charge in [0.1, 0.15) is 16.3 Å². The van der Waals surface area contributed by atoms with Gasteiger partial charge in [-0.3, -0.25) is 0 Å². The summed E-state index contributed by atoms with van der Waals surface area (Å²) in [6.07, 6.45) is 1.66. The van der Waals surface area contributed by atoms with Crippen LogP contribution in [0.4, 0.5) is 0 Å². The van der Waals surface area contributed by atoms with Gasteiger partial charge in [-0.25, -0.2) is 4.98 Å². The molecule has 0 radical (unpaired) electrons. The average Bonchev–Trinajstić information content (AvgIpc) is 2.74. The summed E-state index contributed by atoms with van der Waals surface area (Å²) in [4.78, 5) is 4.12. The van der Waals surface area contributed by atoms with Crippen LogP contribution in [0.25, 0.3) is 32.7 Å². The van der Waals surface area contributed by atoms with E-state index in [0.29, 0.717) is 5.15 Å². The standard InChI is InChI=1S/C15H8ClNO/c16-15-14-11-7-9-3-1-2-4-10(9)8-13(11)18-12(14)5-6-17-15/h1-8H. The van der Waals surface area contributed by atoms with Crippen LogP contribution >= 0.6 is 11.6 Å². The maximum atomic E-state index is 6.16. The quantitative estimate of drug-likeness (QED) is 0.421. The van der Waals surface area contributed by atoms with E-state index in [1.165, 1.54) is 5.39 Å². The Morgan fingerprint density at radius 3 is 2.56 bits per heavy atom. The molecule has 0 saturated carbocycles. The summed E-state index contributed by atoms with van der Waals surface area (Å²) >= 11 is 6.16. The van der Waals surface area contributed by atoms with Crippen LogP contribution in [0.2, 0.25) is 5.15 Å². The van der Waals surface area contributed by atoms with Gasteiger partial charge in [0.15, 0.2) is 0 Å². The minimum Gasteiger partial charge on any atom is -0.456 e. The van der Waals surface area contributed by atoms with Crippen molar-refractivity contribution in [3.63, 3.8) is 0 Å². The summed E-state index contributed by atoms with van der Waals surface area (Å²) in [5.74, 6) is 0. The van der Waals surface area contributed by atoms with Crippen molar-refractivity contribution in [2.75, 3.05) is 0 Å². The first-order chi connectivity index (χ1) is 8.83. The number of aromatic nitrogens is 1. The Bertz CT molecular complexity index is 895. The van der Waals surface area contributed by atoms with Crippen LogP contribution in [0.15, 0.2) is 53.1 Å². The second kappa shape index (κ2) is 3.47. The molecule has 0 fully saturated rings. The smallest absolute Gasteiger partial charge is 0.140 e. The highest BCUT2D eigenvalue weighted by atomic mass is 35.5. The van der Waals surface area contributed by atoms with Gasteiger partial charge >= 0.3 is 0 Å². The largest absolute Gasteiger partial charge is 0.456 e. The van der Waals surface area contributed by atoms with E-state index < -0.39 is 0 Å². The monoisotopic (exact) mass is 253 g/mol. The van der Waals surface area contributed by atoms with Gasteiger partial charge in [0.05, 0.1) is 5.39 Å². The lowest BCUT2D eigenvalue weighted by Gasteiger charge is -1.97. The molecule has 2 heterocycles. The lowest BCUT2D eigenvalue weighted by Crippen LogP contribution is -1.75. The zero-order valence-corrected chi connectivity index (χ0v) is 10.1. The Morgan fingerprint density at radius 2 is 1.72 bits per heavy atom. The van der Waals surface area contributed by atoms with E-state index in [2.05, 4.69) is 23.2 Å². The van der Waals surface area contributed by atoms with Gasteiger partial charge < -0.3 is 4.42 Å². The lowest BCUT2D eigenvalue weighted by molar-refractivity contribution is 0.669. The van der Waals surface area contributed by atoms with Gasteiger partial charge in [-0.05, 0) is 29.0 Å². The third kappa shape index (κ3) is 1.27. The first kappa shape index (κ1) is 9.92. The predicted molar refractivity (Wildman–Crippen MR) is 74.0 cm³/mol. The summed E-state index contributed by atoms with van der Waals surface area (Å²) in [5.41, 5.74) is 1.62. The number of halogens is 1. The third-order valence-corrected chi connectivity index (χ3v) is 3.49. The highest BCUT2D eigenvalue weighted by molar-refractivity contribution is 6.36. The Balaban J connectivity index is 2.29. The highest BCUT2D eigenvalue weighted by Gasteiger charge is 2.11. The number of fused-ring (bicyclic) bond motifs is 4. The first-order valence-corrected chi connectivity index (χ1v) is 6.06. The minimum atomic E-state index is 0.488. The van der Waals surface area contributed by atoms with Gasteiger partial charge in [-0.2, -0.15) is 0 Å². The molecule has 0 aliphatic carbocycles. The van der Waals surface area contributed by atoms with Crippen molar-refractivity contribution in [3.05, 3.63) is 53.8 Å². The second-order valence-electron chi connectivity index (χ2n) is 4.27. The fraction of sp³-hybridized carbons (Fsp3) is 0. The molecule has 0 amide bonds. The average molecular weight is 254 g/mol. The summed E-state index contributed by atoms with van der Waals surface area (Å²) < 4.78 is 5.82. The number of rotatable bonds is 0. The Kier molecular flexibility index (Phi) is 1.91. The number of hydrogen-bond donors (Lipinski definition) is 0. The van der Waals surface area contributed by atoms with E-state index in [1.807, 2.05) is 24.3 Å². The van der Waals surface area contributed by atoms with Gasteiger partial charge in [-0.15, -0.1) is 0 Å². The van der Waals surface area contributed by atoms with Crippen molar-refractivity contribution in [2.45, 2.75) is 0 Å². The minimum absolute atomic E-state index is 0.488. The molecular formula is C15H8ClNO. The molecule has 0 atom stereocenters. The topological polar surface area (TPSA) is 26.0 Å². The van der Waals surface area contributed by atoms with Crippen molar-refractivity contribution in [1.29, 1.82) is 0 Å². The fourth-order valence-corrected chi connectivity index (χ4v) is 2.62. The molecule has 0 bridgehead atoms. The maximum absolute atomic E-state index is 6.16. The molecule has 86 valence electrons. The van der Waals surface area contributed by atoms with Crippen LogP contribution in [0, 0.1) is 0 Å². The van der Waals surface area contributed by atoms with Crippen LogP contribution < -0.4 is 0 Å². The summed E-state index contributed by atoms with van der Waals surface area (Å²) in [7, 11) is 0. The highest BCUT2D eigenvalue weighted by Crippen LogP contribution is 2.34. The molecule has 4 aromatic rings. The van der Waals surface area contributed by atoms with Crippen LogP contribution in [0.5, 0.6) is 0 Å². The van der Waals surface area contributed by atoms with Crippen LogP contribution in [-0.2, 0) is 0 Å². The maximum Gasteiger partial charge on any atom is 0.140 e. The van der Waals surface area contributed by atoms with E-state index in [-0.39, 0.29) is 0 Å². The zero-order valence-electron chi connectivity index (χ0n) is 9.35. The Labute approximate surface area is 108 Å².